The lowest BCUT2D eigenvalue weighted by molar-refractivity contribution is 0.287. The molecular weight excluding hydrogens is 188 g/mol. The third kappa shape index (κ3) is 5.60. The van der Waals surface area contributed by atoms with Gasteiger partial charge >= 0.3 is 0 Å². The van der Waals surface area contributed by atoms with E-state index in [-0.39, 0.29) is 0 Å². The molecule has 0 aliphatic heterocycles. The van der Waals surface area contributed by atoms with Crippen molar-refractivity contribution in [2.75, 3.05) is 13.6 Å². The zero-order valence-electron chi connectivity index (χ0n) is 9.78. The van der Waals surface area contributed by atoms with E-state index in [2.05, 4.69) is 18.9 Å². The highest BCUT2D eigenvalue weighted by atomic mass is 16.3. The highest BCUT2D eigenvalue weighted by Gasteiger charge is 2.02. The summed E-state index contributed by atoms with van der Waals surface area (Å²) in [7, 11) is 2.12. The first-order valence-corrected chi connectivity index (χ1v) is 5.65. The van der Waals surface area contributed by atoms with Crippen LogP contribution in [0.25, 0.3) is 0 Å². The Hall–Kier alpha value is -0.800. The summed E-state index contributed by atoms with van der Waals surface area (Å²) in [5.41, 5.74) is 5.69. The summed E-state index contributed by atoms with van der Waals surface area (Å²) < 4.78 is 5.29. The van der Waals surface area contributed by atoms with Gasteiger partial charge in [0.05, 0.1) is 12.8 Å². The lowest BCUT2D eigenvalue weighted by Crippen LogP contribution is -2.20. The smallest absolute Gasteiger partial charge is 0.117 e. The van der Waals surface area contributed by atoms with Crippen molar-refractivity contribution < 1.29 is 4.42 Å². The molecule has 0 saturated heterocycles. The Kier molecular flexibility index (Phi) is 5.43. The van der Waals surface area contributed by atoms with Crippen molar-refractivity contribution in [3.05, 3.63) is 24.2 Å². The molecule has 1 aromatic heterocycles. The van der Waals surface area contributed by atoms with E-state index < -0.39 is 0 Å². The number of rotatable bonds is 7. The summed E-state index contributed by atoms with van der Waals surface area (Å²) in [6.45, 7) is 4.06. The van der Waals surface area contributed by atoms with E-state index in [0.717, 1.165) is 25.3 Å². The molecular formula is C12H22N2O. The van der Waals surface area contributed by atoms with Gasteiger partial charge in [-0.25, -0.2) is 0 Å². The van der Waals surface area contributed by atoms with Gasteiger partial charge in [-0.1, -0.05) is 6.42 Å². The van der Waals surface area contributed by atoms with Crippen LogP contribution in [0.1, 0.15) is 31.9 Å². The van der Waals surface area contributed by atoms with Crippen LogP contribution in [-0.4, -0.2) is 24.5 Å². The molecule has 1 unspecified atom stereocenters. The van der Waals surface area contributed by atoms with E-state index in [1.54, 1.807) is 6.26 Å². The molecule has 3 nitrogen and oxygen atoms in total. The molecule has 86 valence electrons. The summed E-state index contributed by atoms with van der Waals surface area (Å²) in [5.74, 6) is 1.03. The standard InChI is InChI=1S/C12H22N2O/c1-11(13)6-3-4-8-14(2)10-12-7-5-9-15-12/h5,7,9,11H,3-4,6,8,10,13H2,1-2H3. The van der Waals surface area contributed by atoms with Gasteiger partial charge in [0.15, 0.2) is 0 Å². The van der Waals surface area contributed by atoms with Crippen LogP contribution in [-0.2, 0) is 6.54 Å². The van der Waals surface area contributed by atoms with Crippen molar-refractivity contribution in [3.63, 3.8) is 0 Å². The first-order chi connectivity index (χ1) is 7.18. The van der Waals surface area contributed by atoms with E-state index in [1.165, 1.54) is 12.8 Å². The fourth-order valence-corrected chi connectivity index (χ4v) is 1.60. The average Bonchev–Trinajstić information content (AvgIpc) is 2.64. The Morgan fingerprint density at radius 2 is 2.27 bits per heavy atom. The minimum absolute atomic E-state index is 0.334. The maximum absolute atomic E-state index is 5.69. The van der Waals surface area contributed by atoms with Crippen LogP contribution in [0, 0.1) is 0 Å². The number of nitrogens with zero attached hydrogens (tertiary/aromatic N) is 1. The molecule has 1 rings (SSSR count). The monoisotopic (exact) mass is 210 g/mol. The summed E-state index contributed by atoms with van der Waals surface area (Å²) in [5, 5.41) is 0. The summed E-state index contributed by atoms with van der Waals surface area (Å²) in [6.07, 6.45) is 5.26. The summed E-state index contributed by atoms with van der Waals surface area (Å²) in [4.78, 5) is 2.28. The molecule has 0 amide bonds. The van der Waals surface area contributed by atoms with Gasteiger partial charge < -0.3 is 10.2 Å². The molecule has 0 bridgehead atoms. The zero-order chi connectivity index (χ0) is 11.1. The third-order valence-electron chi connectivity index (χ3n) is 2.46. The largest absolute Gasteiger partial charge is 0.468 e. The normalized spacial score (nSPS) is 13.3. The fourth-order valence-electron chi connectivity index (χ4n) is 1.60. The third-order valence-corrected chi connectivity index (χ3v) is 2.46. The topological polar surface area (TPSA) is 42.4 Å². The lowest BCUT2D eigenvalue weighted by Gasteiger charge is -2.15. The van der Waals surface area contributed by atoms with Crippen molar-refractivity contribution in [3.8, 4) is 0 Å². The quantitative estimate of drug-likeness (QED) is 0.702. The predicted octanol–water partition coefficient (Wildman–Crippen LogP) is 2.23. The molecule has 0 radical (unpaired) electrons. The molecule has 2 N–H and O–H groups in total. The second-order valence-electron chi connectivity index (χ2n) is 4.29. The molecule has 3 heteroatoms. The molecule has 1 aromatic rings. The van der Waals surface area contributed by atoms with Gasteiger partial charge in [-0.15, -0.1) is 0 Å². The Morgan fingerprint density at radius 1 is 1.47 bits per heavy atom. The van der Waals surface area contributed by atoms with Crippen molar-refractivity contribution in [2.24, 2.45) is 5.73 Å². The Morgan fingerprint density at radius 3 is 2.87 bits per heavy atom. The average molecular weight is 210 g/mol. The van der Waals surface area contributed by atoms with E-state index in [4.69, 9.17) is 10.2 Å². The van der Waals surface area contributed by atoms with Gasteiger partial charge in [-0.2, -0.15) is 0 Å². The summed E-state index contributed by atoms with van der Waals surface area (Å²) >= 11 is 0. The second-order valence-corrected chi connectivity index (χ2v) is 4.29. The maximum Gasteiger partial charge on any atom is 0.117 e. The molecule has 0 aliphatic rings. The van der Waals surface area contributed by atoms with E-state index >= 15 is 0 Å². The fraction of sp³-hybridized carbons (Fsp3) is 0.667. The van der Waals surface area contributed by atoms with Gasteiger partial charge in [0.2, 0.25) is 0 Å². The Bertz CT molecular complexity index is 244. The van der Waals surface area contributed by atoms with Crippen LogP contribution in [0.15, 0.2) is 22.8 Å². The highest BCUT2D eigenvalue weighted by molar-refractivity contribution is 4.97. The number of hydrogen-bond donors (Lipinski definition) is 1. The van der Waals surface area contributed by atoms with Crippen molar-refractivity contribution >= 4 is 0 Å². The van der Waals surface area contributed by atoms with Crippen LogP contribution in [0.2, 0.25) is 0 Å². The molecule has 0 saturated carbocycles. The molecule has 0 aliphatic carbocycles. The lowest BCUT2D eigenvalue weighted by atomic mass is 10.1. The van der Waals surface area contributed by atoms with Gasteiger partial charge in [-0.05, 0) is 45.5 Å². The minimum Gasteiger partial charge on any atom is -0.468 e. The number of hydrogen-bond acceptors (Lipinski definition) is 3. The molecule has 0 fully saturated rings. The van der Waals surface area contributed by atoms with Gasteiger partial charge in [0, 0.05) is 6.04 Å². The van der Waals surface area contributed by atoms with Crippen LogP contribution in [0.3, 0.4) is 0 Å². The van der Waals surface area contributed by atoms with Crippen LogP contribution in [0.4, 0.5) is 0 Å². The maximum atomic E-state index is 5.69. The first kappa shape index (κ1) is 12.3. The molecule has 0 spiro atoms. The van der Waals surface area contributed by atoms with Crippen molar-refractivity contribution in [1.29, 1.82) is 0 Å². The Labute approximate surface area is 92.2 Å². The predicted molar refractivity (Wildman–Crippen MR) is 62.5 cm³/mol. The van der Waals surface area contributed by atoms with Gasteiger partial charge in [-0.3, -0.25) is 4.90 Å². The SMILES string of the molecule is CC(N)CCCCN(C)Cc1ccco1. The van der Waals surface area contributed by atoms with Crippen molar-refractivity contribution in [1.82, 2.24) is 4.90 Å². The zero-order valence-corrected chi connectivity index (χ0v) is 9.78. The first-order valence-electron chi connectivity index (χ1n) is 5.65. The number of unbranched alkanes of at least 4 members (excludes halogenated alkanes) is 1. The van der Waals surface area contributed by atoms with Gasteiger partial charge in [0.1, 0.15) is 5.76 Å². The van der Waals surface area contributed by atoms with E-state index in [0.29, 0.717) is 6.04 Å². The number of furan rings is 1. The van der Waals surface area contributed by atoms with E-state index in [9.17, 15) is 0 Å². The van der Waals surface area contributed by atoms with Gasteiger partial charge in [0.25, 0.3) is 0 Å². The van der Waals surface area contributed by atoms with E-state index in [1.807, 2.05) is 12.1 Å². The molecule has 0 aromatic carbocycles. The Balaban J connectivity index is 2.06. The summed E-state index contributed by atoms with van der Waals surface area (Å²) in [6, 6.07) is 4.28. The van der Waals surface area contributed by atoms with Crippen molar-refractivity contribution in [2.45, 2.75) is 38.8 Å². The van der Waals surface area contributed by atoms with Crippen LogP contribution >= 0.6 is 0 Å². The second kappa shape index (κ2) is 6.64. The highest BCUT2D eigenvalue weighted by Crippen LogP contribution is 2.05. The molecule has 1 atom stereocenters. The molecule has 15 heavy (non-hydrogen) atoms. The van der Waals surface area contributed by atoms with Crippen LogP contribution in [0.5, 0.6) is 0 Å². The minimum atomic E-state index is 0.334. The number of nitrogens with two attached hydrogens (primary N) is 1. The molecule has 1 heterocycles. The van der Waals surface area contributed by atoms with Crippen LogP contribution < -0.4 is 5.73 Å².